The van der Waals surface area contributed by atoms with Gasteiger partial charge in [0, 0.05) is 25.7 Å². The minimum atomic E-state index is -3.69. The van der Waals surface area contributed by atoms with Crippen molar-refractivity contribution in [1.82, 2.24) is 10.2 Å². The smallest absolute Gasteiger partial charge is 0.264 e. The van der Waals surface area contributed by atoms with Gasteiger partial charge < -0.3 is 19.7 Å². The highest BCUT2D eigenvalue weighted by Gasteiger charge is 2.44. The average Bonchev–Trinajstić information content (AvgIpc) is 3.31. The average molecular weight is 600 g/mol. The molecule has 2 aliphatic rings. The Morgan fingerprint density at radius 1 is 1.18 bits per heavy atom. The van der Waals surface area contributed by atoms with Gasteiger partial charge in [-0.1, -0.05) is 59.6 Å². The molecule has 11 heteroatoms. The zero-order chi connectivity index (χ0) is 28.0. The molecular weight excluding hydrogens is 563 g/mol. The summed E-state index contributed by atoms with van der Waals surface area (Å²) in [6.45, 7) is 1.12. The van der Waals surface area contributed by atoms with Gasteiger partial charge in [-0.3, -0.25) is 8.98 Å². The van der Waals surface area contributed by atoms with Gasteiger partial charge in [-0.25, -0.2) is 0 Å². The maximum atomic E-state index is 13.5. The van der Waals surface area contributed by atoms with Gasteiger partial charge in [0.2, 0.25) is 5.91 Å². The van der Waals surface area contributed by atoms with Gasteiger partial charge >= 0.3 is 0 Å². The zero-order valence-electron chi connectivity index (χ0n) is 22.3. The summed E-state index contributed by atoms with van der Waals surface area (Å²) in [6, 6.07) is 14.5. The normalized spacial score (nSPS) is 24.4. The molecule has 2 saturated heterocycles. The van der Waals surface area contributed by atoms with E-state index in [0.29, 0.717) is 36.0 Å². The number of likely N-dealkylation sites (N-methyl/N-ethyl adjacent to an activating group) is 1. The second kappa shape index (κ2) is 13.3. The predicted octanol–water partition coefficient (Wildman–Crippen LogP) is 4.75. The van der Waals surface area contributed by atoms with Gasteiger partial charge in [0.1, 0.15) is 0 Å². The SMILES string of the molecule is CN(C(=O)Cc1ccc(Cl)c(Cl)c1)[C@@H](C[C@@]1(COS(C)(=O)=O)C[C@@H](OC2CCCCO2)CN1)c1ccccc1. The third-order valence-electron chi connectivity index (χ3n) is 7.32. The molecule has 0 saturated carbocycles. The molecule has 0 bridgehead atoms. The fraction of sp³-hybridized carbons (Fsp3) is 0.536. The predicted molar refractivity (Wildman–Crippen MR) is 151 cm³/mol. The van der Waals surface area contributed by atoms with Crippen molar-refractivity contribution in [2.75, 3.05) is 33.1 Å². The number of rotatable bonds is 11. The Hall–Kier alpha value is -1.72. The number of hydrogen-bond donors (Lipinski definition) is 1. The summed E-state index contributed by atoms with van der Waals surface area (Å²) in [7, 11) is -1.92. The summed E-state index contributed by atoms with van der Waals surface area (Å²) in [5, 5.41) is 4.32. The monoisotopic (exact) mass is 598 g/mol. The molecule has 2 heterocycles. The van der Waals surface area contributed by atoms with Crippen molar-refractivity contribution in [3.63, 3.8) is 0 Å². The minimum absolute atomic E-state index is 0.0740. The van der Waals surface area contributed by atoms with E-state index in [0.717, 1.165) is 36.6 Å². The Morgan fingerprint density at radius 3 is 2.62 bits per heavy atom. The molecule has 0 aliphatic carbocycles. The molecule has 0 spiro atoms. The van der Waals surface area contributed by atoms with Gasteiger partial charge in [-0.05, 0) is 55.4 Å². The molecule has 1 N–H and O–H groups in total. The summed E-state index contributed by atoms with van der Waals surface area (Å²) >= 11 is 12.2. The third-order valence-corrected chi connectivity index (χ3v) is 8.61. The van der Waals surface area contributed by atoms with Crippen molar-refractivity contribution in [1.29, 1.82) is 0 Å². The number of carbonyl (C=O) groups excluding carboxylic acids is 1. The first kappa shape index (κ1) is 30.2. The van der Waals surface area contributed by atoms with Crippen LogP contribution in [0.1, 0.15) is 49.3 Å². The lowest BCUT2D eigenvalue weighted by Crippen LogP contribution is -2.48. The van der Waals surface area contributed by atoms with Crippen LogP contribution < -0.4 is 5.32 Å². The third kappa shape index (κ3) is 8.63. The Balaban J connectivity index is 1.56. The summed E-state index contributed by atoms with van der Waals surface area (Å²) in [4.78, 5) is 15.2. The van der Waals surface area contributed by atoms with E-state index < -0.39 is 15.7 Å². The van der Waals surface area contributed by atoms with Crippen molar-refractivity contribution in [3.05, 3.63) is 69.7 Å². The first-order chi connectivity index (χ1) is 18.5. The van der Waals surface area contributed by atoms with Crippen LogP contribution in [-0.4, -0.2) is 70.2 Å². The molecule has 2 aromatic carbocycles. The number of carbonyl (C=O) groups is 1. The molecule has 39 heavy (non-hydrogen) atoms. The van der Waals surface area contributed by atoms with Crippen molar-refractivity contribution >= 4 is 39.2 Å². The van der Waals surface area contributed by atoms with Crippen LogP contribution in [0, 0.1) is 0 Å². The molecule has 8 nitrogen and oxygen atoms in total. The van der Waals surface area contributed by atoms with Crippen LogP contribution in [0.3, 0.4) is 0 Å². The topological polar surface area (TPSA) is 94.2 Å². The largest absolute Gasteiger partial charge is 0.353 e. The first-order valence-corrected chi connectivity index (χ1v) is 15.7. The number of nitrogens with zero attached hydrogens (tertiary/aromatic N) is 1. The van der Waals surface area contributed by atoms with E-state index in [-0.39, 0.29) is 37.4 Å². The zero-order valence-corrected chi connectivity index (χ0v) is 24.6. The number of benzene rings is 2. The summed E-state index contributed by atoms with van der Waals surface area (Å²) < 4.78 is 41.3. The van der Waals surface area contributed by atoms with E-state index in [1.807, 2.05) is 30.3 Å². The maximum absolute atomic E-state index is 13.5. The van der Waals surface area contributed by atoms with E-state index in [9.17, 15) is 13.2 Å². The lowest BCUT2D eigenvalue weighted by molar-refractivity contribution is -0.184. The second-order valence-electron chi connectivity index (χ2n) is 10.4. The Morgan fingerprint density at radius 2 is 1.95 bits per heavy atom. The number of halogens is 2. The van der Waals surface area contributed by atoms with Crippen LogP contribution in [-0.2, 0) is 35.0 Å². The minimum Gasteiger partial charge on any atom is -0.353 e. The van der Waals surface area contributed by atoms with E-state index in [4.69, 9.17) is 36.9 Å². The highest BCUT2D eigenvalue weighted by molar-refractivity contribution is 7.85. The Kier molecular flexibility index (Phi) is 10.3. The molecule has 2 fully saturated rings. The summed E-state index contributed by atoms with van der Waals surface area (Å²) in [5.41, 5.74) is 0.937. The van der Waals surface area contributed by atoms with Gasteiger partial charge in [0.15, 0.2) is 6.29 Å². The number of hydrogen-bond acceptors (Lipinski definition) is 7. The van der Waals surface area contributed by atoms with Crippen LogP contribution >= 0.6 is 23.2 Å². The van der Waals surface area contributed by atoms with Crippen molar-refractivity contribution < 1.29 is 26.9 Å². The summed E-state index contributed by atoms with van der Waals surface area (Å²) in [6.07, 6.45) is 4.58. The quantitative estimate of drug-likeness (QED) is 0.373. The molecule has 0 aromatic heterocycles. The van der Waals surface area contributed by atoms with E-state index >= 15 is 0 Å². The second-order valence-corrected chi connectivity index (χ2v) is 12.9. The van der Waals surface area contributed by atoms with Crippen LogP contribution in [0.5, 0.6) is 0 Å². The van der Waals surface area contributed by atoms with Crippen LogP contribution in [0.25, 0.3) is 0 Å². The lowest BCUT2D eigenvalue weighted by Gasteiger charge is -2.37. The number of nitrogens with one attached hydrogen (secondary N) is 1. The van der Waals surface area contributed by atoms with Crippen LogP contribution in [0.2, 0.25) is 10.0 Å². The van der Waals surface area contributed by atoms with Crippen molar-refractivity contribution in [2.24, 2.45) is 0 Å². The molecule has 0 radical (unpaired) electrons. The van der Waals surface area contributed by atoms with Gasteiger partial charge in [0.05, 0.1) is 41.5 Å². The van der Waals surface area contributed by atoms with E-state index in [1.54, 1.807) is 30.1 Å². The van der Waals surface area contributed by atoms with Gasteiger partial charge in [-0.15, -0.1) is 0 Å². The standard InChI is InChI=1S/C28H36Cl2N2O6S/c1-32(26(33)15-20-11-12-23(29)24(30)14-20)25(21-8-4-3-5-9-21)17-28(19-37-39(2,34)35)16-22(18-31-28)38-27-10-6-7-13-36-27/h3-5,8-9,11-12,14,22,25,27,31H,6-7,10,13,15-19H2,1-2H3/t22-,25+,27?,28-/m1/s1. The van der Waals surface area contributed by atoms with Crippen molar-refractivity contribution in [3.8, 4) is 0 Å². The van der Waals surface area contributed by atoms with Gasteiger partial charge in [0.25, 0.3) is 10.1 Å². The first-order valence-electron chi connectivity index (χ1n) is 13.1. The van der Waals surface area contributed by atoms with Crippen molar-refractivity contribution in [2.45, 2.75) is 62.5 Å². The van der Waals surface area contributed by atoms with Gasteiger partial charge in [-0.2, -0.15) is 8.42 Å². The number of amides is 1. The van der Waals surface area contributed by atoms with E-state index in [1.165, 1.54) is 0 Å². The lowest BCUT2D eigenvalue weighted by atomic mass is 9.86. The highest BCUT2D eigenvalue weighted by Crippen LogP contribution is 2.36. The molecule has 4 rings (SSSR count). The summed E-state index contributed by atoms with van der Waals surface area (Å²) in [5.74, 6) is -0.108. The van der Waals surface area contributed by atoms with Crippen LogP contribution in [0.4, 0.5) is 0 Å². The maximum Gasteiger partial charge on any atom is 0.264 e. The molecule has 1 amide bonds. The molecule has 2 aliphatic heterocycles. The fourth-order valence-corrected chi connectivity index (χ4v) is 5.99. The molecule has 2 aromatic rings. The molecule has 214 valence electrons. The highest BCUT2D eigenvalue weighted by atomic mass is 35.5. The molecule has 4 atom stereocenters. The number of ether oxygens (including phenoxy) is 2. The van der Waals surface area contributed by atoms with Crippen LogP contribution in [0.15, 0.2) is 48.5 Å². The molecule has 1 unspecified atom stereocenters. The Labute approximate surface area is 241 Å². The Bertz CT molecular complexity index is 1230. The molecular formula is C28H36Cl2N2O6S. The van der Waals surface area contributed by atoms with E-state index in [2.05, 4.69) is 5.32 Å². The fourth-order valence-electron chi connectivity index (χ4n) is 5.23.